The first kappa shape index (κ1) is 17.1. The third kappa shape index (κ3) is 6.02. The van der Waals surface area contributed by atoms with Gasteiger partial charge in [0.1, 0.15) is 0 Å². The maximum atomic E-state index is 4.85. The van der Waals surface area contributed by atoms with Crippen molar-refractivity contribution in [1.29, 1.82) is 0 Å². The van der Waals surface area contributed by atoms with Gasteiger partial charge in [-0.15, -0.1) is 12.1 Å². The van der Waals surface area contributed by atoms with Crippen LogP contribution in [0.3, 0.4) is 0 Å². The van der Waals surface area contributed by atoms with E-state index in [4.69, 9.17) is 9.05 Å². The van der Waals surface area contributed by atoms with Crippen molar-refractivity contribution in [3.63, 3.8) is 0 Å². The first-order valence-corrected chi connectivity index (χ1v) is 7.55. The number of nitrogens with one attached hydrogen (secondary N) is 1. The molecule has 1 heterocycles. The molecule has 7 heteroatoms. The Kier molecular flexibility index (Phi) is 10.2. The second-order valence-corrected chi connectivity index (χ2v) is 6.17. The number of aromatic amines is 1. The molecule has 0 atom stereocenters. The Morgan fingerprint density at radius 3 is 2.41 bits per heavy atom. The second kappa shape index (κ2) is 10.1. The summed E-state index contributed by atoms with van der Waals surface area (Å²) in [6.07, 6.45) is 4.62. The second-order valence-electron chi connectivity index (χ2n) is 2.64. The Bertz CT molecular complexity index is 376. The molecule has 0 radical (unpaired) electrons. The molecular weight excluding hydrogens is 440 g/mol. The third-order valence-corrected chi connectivity index (χ3v) is 4.40. The molecule has 2 aromatic rings. The Balaban J connectivity index is 0.000000296. The normalized spacial score (nSPS) is 9.65. The van der Waals surface area contributed by atoms with Gasteiger partial charge in [-0.25, -0.2) is 0 Å². The fourth-order valence-corrected chi connectivity index (χ4v) is 2.39. The van der Waals surface area contributed by atoms with Gasteiger partial charge in [0.2, 0.25) is 7.58 Å². The number of hydrogen-bond donors (Lipinski definition) is 1. The fourth-order valence-electron chi connectivity index (χ4n) is 1.05. The molecule has 0 aliphatic rings. The summed E-state index contributed by atoms with van der Waals surface area (Å²) in [6.45, 7) is 0. The van der Waals surface area contributed by atoms with Gasteiger partial charge in [0, 0.05) is 14.2 Å². The van der Waals surface area contributed by atoms with E-state index in [1.807, 2.05) is 30.5 Å². The number of benzene rings is 1. The van der Waals surface area contributed by atoms with E-state index < -0.39 is 7.58 Å². The van der Waals surface area contributed by atoms with Crippen LogP contribution in [-0.2, 0) is 31.4 Å². The smallest absolute Gasteiger partial charge is 0.461 e. The van der Waals surface area contributed by atoms with Crippen LogP contribution in [0.4, 0.5) is 0 Å². The zero-order chi connectivity index (χ0) is 11.8. The zero-order valence-electron chi connectivity index (χ0n) is 9.73. The van der Waals surface area contributed by atoms with E-state index in [2.05, 4.69) is 16.3 Å². The van der Waals surface area contributed by atoms with E-state index in [0.717, 1.165) is 11.0 Å². The van der Waals surface area contributed by atoms with Gasteiger partial charge in [-0.3, -0.25) is 0 Å². The van der Waals surface area contributed by atoms with Crippen LogP contribution in [0.15, 0.2) is 24.3 Å². The largest absolute Gasteiger partial charge is 1.00 e. The van der Waals surface area contributed by atoms with Gasteiger partial charge in [0.15, 0.2) is 0 Å². The molecule has 0 saturated carbocycles. The molecule has 0 aliphatic carbocycles. The summed E-state index contributed by atoms with van der Waals surface area (Å²) in [5.74, 6) is 0. The number of para-hydroxylation sites is 2. The predicted molar refractivity (Wildman–Crippen MR) is 69.4 cm³/mol. The van der Waals surface area contributed by atoms with Crippen LogP contribution in [0.25, 0.3) is 11.0 Å². The number of imidazole rings is 1. The van der Waals surface area contributed by atoms with Crippen molar-refractivity contribution in [3.05, 3.63) is 30.6 Å². The Labute approximate surface area is 122 Å². The van der Waals surface area contributed by atoms with E-state index in [1.165, 1.54) is 0 Å². The summed E-state index contributed by atoms with van der Waals surface area (Å²) in [5, 5.41) is 0. The molecule has 0 aliphatic heterocycles. The molecule has 0 amide bonds. The van der Waals surface area contributed by atoms with Gasteiger partial charge >= 0.3 is 22.4 Å². The molecule has 0 unspecified atom stereocenters. The number of H-pyrrole nitrogens is 1. The Hall–Kier alpha value is 0.130. The minimum absolute atomic E-state index is 0. The van der Waals surface area contributed by atoms with E-state index in [1.54, 1.807) is 25.6 Å². The van der Waals surface area contributed by atoms with Crippen LogP contribution < -0.4 is 0 Å². The number of fused-ring (bicyclic) bond motifs is 1. The molecule has 4 nitrogen and oxygen atoms in total. The molecule has 17 heavy (non-hydrogen) atoms. The van der Waals surface area contributed by atoms with E-state index >= 15 is 0 Å². The molecule has 0 bridgehead atoms. The third-order valence-electron chi connectivity index (χ3n) is 1.72. The average molecular weight is 454 g/mol. The van der Waals surface area contributed by atoms with Crippen molar-refractivity contribution in [3.8, 4) is 0 Å². The van der Waals surface area contributed by atoms with Crippen molar-refractivity contribution in [2.45, 2.75) is 0 Å². The molecule has 0 spiro atoms. The van der Waals surface area contributed by atoms with Crippen molar-refractivity contribution in [2.24, 2.45) is 0 Å². The summed E-state index contributed by atoms with van der Waals surface area (Å²) in [5.41, 5.74) is 2.01. The summed E-state index contributed by atoms with van der Waals surface area (Å²) in [4.78, 5) is 6.82. The van der Waals surface area contributed by atoms with Gasteiger partial charge in [0.05, 0.1) is 0 Å². The topological polar surface area (TPSA) is 47.1 Å². The molecule has 0 saturated heterocycles. The minimum Gasteiger partial charge on any atom is -0.461 e. The predicted octanol–water partition coefficient (Wildman–Crippen LogP) is 3.23. The standard InChI is InChI=1S/C7H5N2.C3H9O2PS.Au/c1-2-4-7-6(3-1)8-5-9-7;1-4-6(5-2)7-3;/h1-4H,(H,8,9);1-3H3;/q-1;;+1. The van der Waals surface area contributed by atoms with E-state index in [-0.39, 0.29) is 22.4 Å². The Morgan fingerprint density at radius 2 is 1.94 bits per heavy atom. The van der Waals surface area contributed by atoms with Gasteiger partial charge in [-0.05, 0) is 12.6 Å². The summed E-state index contributed by atoms with van der Waals surface area (Å²) < 4.78 is 9.71. The average Bonchev–Trinajstić information content (AvgIpc) is 2.80. The SMILES string of the molecule is COP(OC)SC.[Au+].[c-]1nc2ccccc2[nH]1. The maximum Gasteiger partial charge on any atom is 1.00 e. The van der Waals surface area contributed by atoms with Gasteiger partial charge < -0.3 is 19.0 Å². The van der Waals surface area contributed by atoms with Crippen LogP contribution >= 0.6 is 19.0 Å². The zero-order valence-corrected chi connectivity index (χ0v) is 13.6. The van der Waals surface area contributed by atoms with E-state index in [9.17, 15) is 0 Å². The monoisotopic (exact) mass is 454 g/mol. The quantitative estimate of drug-likeness (QED) is 0.440. The van der Waals surface area contributed by atoms with Crippen LogP contribution in [0.2, 0.25) is 0 Å². The molecule has 1 aromatic heterocycles. The van der Waals surface area contributed by atoms with Crippen LogP contribution in [0.1, 0.15) is 0 Å². The first-order valence-electron chi connectivity index (χ1n) is 4.55. The molecule has 0 fully saturated rings. The van der Waals surface area contributed by atoms with Crippen molar-refractivity contribution >= 4 is 30.0 Å². The summed E-state index contributed by atoms with van der Waals surface area (Å²) in [6, 6.07) is 7.84. The van der Waals surface area contributed by atoms with Gasteiger partial charge in [-0.1, -0.05) is 34.5 Å². The van der Waals surface area contributed by atoms with Crippen molar-refractivity contribution < 1.29 is 31.4 Å². The number of rotatable bonds is 3. The van der Waals surface area contributed by atoms with Crippen LogP contribution in [-0.4, -0.2) is 30.4 Å². The van der Waals surface area contributed by atoms with Crippen LogP contribution in [0, 0.1) is 6.33 Å². The first-order chi connectivity index (χ1) is 7.81. The number of nitrogens with zero attached hydrogens (tertiary/aromatic N) is 1. The van der Waals surface area contributed by atoms with Crippen molar-refractivity contribution in [2.75, 3.05) is 20.5 Å². The minimum atomic E-state index is -0.637. The van der Waals surface area contributed by atoms with Crippen molar-refractivity contribution in [1.82, 2.24) is 9.97 Å². The maximum absolute atomic E-state index is 4.85. The Morgan fingerprint density at radius 1 is 1.29 bits per heavy atom. The number of hydrogen-bond acceptors (Lipinski definition) is 4. The number of aromatic nitrogens is 2. The summed E-state index contributed by atoms with van der Waals surface area (Å²) in [7, 11) is 2.65. The van der Waals surface area contributed by atoms with Crippen LogP contribution in [0.5, 0.6) is 0 Å². The van der Waals surface area contributed by atoms with E-state index in [0.29, 0.717) is 0 Å². The molecule has 98 valence electrons. The molecule has 1 N–H and O–H groups in total. The van der Waals surface area contributed by atoms with Gasteiger partial charge in [0.25, 0.3) is 0 Å². The van der Waals surface area contributed by atoms with Gasteiger partial charge in [-0.2, -0.15) is 0 Å². The summed E-state index contributed by atoms with van der Waals surface area (Å²) >= 11 is 1.59. The molecule has 1 aromatic carbocycles. The fraction of sp³-hybridized carbons (Fsp3) is 0.300. The molecule has 2 rings (SSSR count). The molecular formula is C10H14AuN2O2PS.